The molecule has 0 bridgehead atoms. The van der Waals surface area contributed by atoms with Gasteiger partial charge < -0.3 is 5.11 Å². The lowest BCUT2D eigenvalue weighted by Crippen LogP contribution is -2.28. The molecule has 1 saturated heterocycles. The SMILES string of the molecule is O=S(=O)(c1cncc(C#CCCO)c1)N1CCCC1. The quantitative estimate of drug-likeness (QED) is 0.823. The topological polar surface area (TPSA) is 70.5 Å². The smallest absolute Gasteiger partial charge is 0.244 e. The first kappa shape index (κ1) is 14.0. The van der Waals surface area contributed by atoms with Crippen molar-refractivity contribution in [3.05, 3.63) is 24.0 Å². The zero-order valence-corrected chi connectivity index (χ0v) is 11.4. The molecule has 1 aliphatic heterocycles. The van der Waals surface area contributed by atoms with Crippen molar-refractivity contribution in [1.29, 1.82) is 0 Å². The lowest BCUT2D eigenvalue weighted by Gasteiger charge is -2.15. The van der Waals surface area contributed by atoms with Crippen LogP contribution in [0.3, 0.4) is 0 Å². The van der Waals surface area contributed by atoms with E-state index in [1.807, 2.05) is 0 Å². The summed E-state index contributed by atoms with van der Waals surface area (Å²) in [7, 11) is -3.44. The summed E-state index contributed by atoms with van der Waals surface area (Å²) in [6, 6.07) is 1.53. The first-order valence-electron chi connectivity index (χ1n) is 6.19. The molecular formula is C13H16N2O3S. The van der Waals surface area contributed by atoms with Gasteiger partial charge in [0.05, 0.1) is 6.61 Å². The molecule has 2 heterocycles. The second-order valence-electron chi connectivity index (χ2n) is 4.30. The fourth-order valence-electron chi connectivity index (χ4n) is 1.93. The summed E-state index contributed by atoms with van der Waals surface area (Å²) in [6.45, 7) is 1.14. The number of sulfonamides is 1. The third kappa shape index (κ3) is 3.32. The van der Waals surface area contributed by atoms with E-state index >= 15 is 0 Å². The average Bonchev–Trinajstić information content (AvgIpc) is 2.94. The minimum absolute atomic E-state index is 0.00774. The Kier molecular flexibility index (Phi) is 4.53. The highest BCUT2D eigenvalue weighted by molar-refractivity contribution is 7.89. The third-order valence-corrected chi connectivity index (χ3v) is 4.75. The molecule has 0 unspecified atom stereocenters. The number of rotatable bonds is 3. The Morgan fingerprint density at radius 1 is 1.32 bits per heavy atom. The van der Waals surface area contributed by atoms with E-state index < -0.39 is 10.0 Å². The predicted octanol–water partition coefficient (Wildman–Crippen LogP) is 0.600. The monoisotopic (exact) mass is 280 g/mol. The van der Waals surface area contributed by atoms with E-state index in [0.717, 1.165) is 12.8 Å². The first-order valence-corrected chi connectivity index (χ1v) is 7.63. The molecule has 1 aromatic heterocycles. The molecule has 2 rings (SSSR count). The highest BCUT2D eigenvalue weighted by Crippen LogP contribution is 2.20. The molecule has 5 nitrogen and oxygen atoms in total. The zero-order valence-electron chi connectivity index (χ0n) is 10.5. The molecule has 0 atom stereocenters. The van der Waals surface area contributed by atoms with Gasteiger partial charge in [-0.05, 0) is 18.9 Å². The van der Waals surface area contributed by atoms with Crippen molar-refractivity contribution in [3.63, 3.8) is 0 Å². The van der Waals surface area contributed by atoms with Gasteiger partial charge in [-0.1, -0.05) is 11.8 Å². The Hall–Kier alpha value is -1.42. The van der Waals surface area contributed by atoms with Crippen molar-refractivity contribution in [3.8, 4) is 11.8 Å². The summed E-state index contributed by atoms with van der Waals surface area (Å²) in [5.74, 6) is 5.54. The summed E-state index contributed by atoms with van der Waals surface area (Å²) in [5, 5.41) is 8.65. The third-order valence-electron chi connectivity index (χ3n) is 2.89. The van der Waals surface area contributed by atoms with Gasteiger partial charge >= 0.3 is 0 Å². The number of hydrogen-bond acceptors (Lipinski definition) is 4. The molecule has 0 aliphatic carbocycles. The van der Waals surface area contributed by atoms with Gasteiger partial charge in [0.15, 0.2) is 0 Å². The molecule has 0 spiro atoms. The summed E-state index contributed by atoms with van der Waals surface area (Å²) < 4.78 is 26.1. The van der Waals surface area contributed by atoms with Crippen molar-refractivity contribution in [2.24, 2.45) is 0 Å². The van der Waals surface area contributed by atoms with Crippen LogP contribution >= 0.6 is 0 Å². The van der Waals surface area contributed by atoms with Gasteiger partial charge in [-0.15, -0.1) is 0 Å². The molecular weight excluding hydrogens is 264 g/mol. The van der Waals surface area contributed by atoms with E-state index in [1.54, 1.807) is 0 Å². The van der Waals surface area contributed by atoms with E-state index in [9.17, 15) is 8.42 Å². The highest BCUT2D eigenvalue weighted by atomic mass is 32.2. The van der Waals surface area contributed by atoms with Crippen LogP contribution in [0.4, 0.5) is 0 Å². The molecule has 0 aromatic carbocycles. The lowest BCUT2D eigenvalue weighted by atomic mass is 10.3. The molecule has 1 aromatic rings. The van der Waals surface area contributed by atoms with Crippen molar-refractivity contribution < 1.29 is 13.5 Å². The van der Waals surface area contributed by atoms with Gasteiger partial charge in [-0.2, -0.15) is 4.31 Å². The van der Waals surface area contributed by atoms with E-state index in [-0.39, 0.29) is 11.5 Å². The van der Waals surface area contributed by atoms with E-state index in [2.05, 4.69) is 16.8 Å². The minimum Gasteiger partial charge on any atom is -0.395 e. The standard InChI is InChI=1S/C13H16N2O3S/c16-8-4-1-5-12-9-13(11-14-10-12)19(17,18)15-6-2-3-7-15/h9-11,16H,2-4,6-8H2. The maximum atomic E-state index is 12.3. The number of nitrogens with zero attached hydrogens (tertiary/aromatic N) is 2. The zero-order chi connectivity index (χ0) is 13.7. The predicted molar refractivity (Wildman–Crippen MR) is 70.8 cm³/mol. The summed E-state index contributed by atoms with van der Waals surface area (Å²) in [4.78, 5) is 4.12. The Balaban J connectivity index is 2.26. The number of hydrogen-bond donors (Lipinski definition) is 1. The number of aromatic nitrogens is 1. The molecule has 19 heavy (non-hydrogen) atoms. The average molecular weight is 280 g/mol. The number of aliphatic hydroxyl groups excluding tert-OH is 1. The molecule has 102 valence electrons. The molecule has 0 saturated carbocycles. The van der Waals surface area contributed by atoms with Crippen LogP contribution in [0, 0.1) is 11.8 Å². The van der Waals surface area contributed by atoms with Crippen molar-refractivity contribution in [1.82, 2.24) is 9.29 Å². The summed E-state index contributed by atoms with van der Waals surface area (Å²) in [6.07, 6.45) is 5.05. The van der Waals surface area contributed by atoms with Crippen LogP contribution in [-0.4, -0.2) is 42.5 Å². The summed E-state index contributed by atoms with van der Waals surface area (Å²) >= 11 is 0. The van der Waals surface area contributed by atoms with Gasteiger partial charge in [0.25, 0.3) is 0 Å². The van der Waals surface area contributed by atoms with Crippen molar-refractivity contribution in [2.45, 2.75) is 24.2 Å². The van der Waals surface area contributed by atoms with Gasteiger partial charge in [0.2, 0.25) is 10.0 Å². The largest absolute Gasteiger partial charge is 0.395 e. The van der Waals surface area contributed by atoms with E-state index in [1.165, 1.54) is 22.8 Å². The van der Waals surface area contributed by atoms with Gasteiger partial charge in [-0.25, -0.2) is 8.42 Å². The van der Waals surface area contributed by atoms with Crippen LogP contribution in [0.15, 0.2) is 23.4 Å². The van der Waals surface area contributed by atoms with Crippen LogP contribution in [-0.2, 0) is 10.0 Å². The normalized spacial score (nSPS) is 16.1. The Bertz CT molecular complexity index is 596. The van der Waals surface area contributed by atoms with E-state index in [4.69, 9.17) is 5.11 Å². The Labute approximate surface area is 113 Å². The first-order chi connectivity index (χ1) is 9.14. The van der Waals surface area contributed by atoms with Gasteiger partial charge in [0.1, 0.15) is 4.90 Å². The maximum Gasteiger partial charge on any atom is 0.244 e. The molecule has 6 heteroatoms. The number of pyridine rings is 1. The molecule has 1 fully saturated rings. The maximum absolute atomic E-state index is 12.3. The molecule has 1 N–H and O–H groups in total. The summed E-state index contributed by atoms with van der Waals surface area (Å²) in [5.41, 5.74) is 0.550. The van der Waals surface area contributed by atoms with Gasteiger partial charge in [-0.3, -0.25) is 4.98 Å². The highest BCUT2D eigenvalue weighted by Gasteiger charge is 2.27. The fourth-order valence-corrected chi connectivity index (χ4v) is 3.43. The second kappa shape index (κ2) is 6.15. The van der Waals surface area contributed by atoms with Crippen LogP contribution in [0.5, 0.6) is 0 Å². The van der Waals surface area contributed by atoms with Gasteiger partial charge in [0, 0.05) is 37.5 Å². The second-order valence-corrected chi connectivity index (χ2v) is 6.23. The Morgan fingerprint density at radius 2 is 2.05 bits per heavy atom. The van der Waals surface area contributed by atoms with Crippen LogP contribution in [0.25, 0.3) is 0 Å². The minimum atomic E-state index is -3.44. The fraction of sp³-hybridized carbons (Fsp3) is 0.462. The lowest BCUT2D eigenvalue weighted by molar-refractivity contribution is 0.305. The molecule has 1 aliphatic rings. The number of aliphatic hydroxyl groups is 1. The van der Waals surface area contributed by atoms with Crippen LogP contribution < -0.4 is 0 Å². The van der Waals surface area contributed by atoms with Crippen LogP contribution in [0.2, 0.25) is 0 Å². The van der Waals surface area contributed by atoms with Crippen molar-refractivity contribution >= 4 is 10.0 Å². The molecule has 0 radical (unpaired) electrons. The molecule has 0 amide bonds. The Morgan fingerprint density at radius 3 is 2.74 bits per heavy atom. The van der Waals surface area contributed by atoms with E-state index in [0.29, 0.717) is 25.1 Å². The van der Waals surface area contributed by atoms with Crippen LogP contribution in [0.1, 0.15) is 24.8 Å². The van der Waals surface area contributed by atoms with Crippen molar-refractivity contribution in [2.75, 3.05) is 19.7 Å².